The zero-order valence-corrected chi connectivity index (χ0v) is 10.1. The lowest BCUT2D eigenvalue weighted by Crippen LogP contribution is -2.47. The molecule has 0 spiro atoms. The Kier molecular flexibility index (Phi) is 6.18. The first-order chi connectivity index (χ1) is 7.76. The molecule has 0 aromatic heterocycles. The van der Waals surface area contributed by atoms with E-state index in [1.165, 1.54) is 6.42 Å². The van der Waals surface area contributed by atoms with Crippen molar-refractivity contribution in [2.75, 3.05) is 19.8 Å². The quantitative estimate of drug-likeness (QED) is 0.647. The molecule has 0 radical (unpaired) electrons. The fourth-order valence-electron chi connectivity index (χ4n) is 1.50. The lowest BCUT2D eigenvalue weighted by molar-refractivity contribution is -0.131. The molecule has 0 aromatic carbocycles. The number of urea groups is 1. The summed E-state index contributed by atoms with van der Waals surface area (Å²) in [5, 5.41) is 5.65. The molecule has 0 bridgehead atoms. The summed E-state index contributed by atoms with van der Waals surface area (Å²) in [7, 11) is 0. The van der Waals surface area contributed by atoms with Crippen molar-refractivity contribution in [2.45, 2.75) is 45.4 Å². The van der Waals surface area contributed by atoms with Gasteiger partial charge in [-0.1, -0.05) is 0 Å². The van der Waals surface area contributed by atoms with Crippen molar-refractivity contribution in [3.63, 3.8) is 0 Å². The van der Waals surface area contributed by atoms with Gasteiger partial charge in [0.25, 0.3) is 0 Å². The number of nitrogens with one attached hydrogen (secondary N) is 2. The first-order valence-corrected chi connectivity index (χ1v) is 6.03. The van der Waals surface area contributed by atoms with Crippen LogP contribution in [0.2, 0.25) is 0 Å². The lowest BCUT2D eigenvalue weighted by Gasteiger charge is -2.27. The van der Waals surface area contributed by atoms with E-state index in [9.17, 15) is 4.79 Å². The number of carbonyl (C=O) groups excluding carboxylic acids is 1. The molecule has 1 saturated carbocycles. The molecule has 1 fully saturated rings. The number of carbonyl (C=O) groups is 1. The van der Waals surface area contributed by atoms with Gasteiger partial charge in [0.2, 0.25) is 0 Å². The first-order valence-electron chi connectivity index (χ1n) is 6.03. The predicted molar refractivity (Wildman–Crippen MR) is 61.2 cm³/mol. The van der Waals surface area contributed by atoms with Gasteiger partial charge in [0, 0.05) is 19.3 Å². The van der Waals surface area contributed by atoms with Gasteiger partial charge in [-0.05, 0) is 33.1 Å². The van der Waals surface area contributed by atoms with E-state index < -0.39 is 0 Å². The number of ether oxygens (including phenoxy) is 2. The smallest absolute Gasteiger partial charge is 0.315 e. The van der Waals surface area contributed by atoms with E-state index in [2.05, 4.69) is 10.6 Å². The standard InChI is InChI=1S/C11H22N2O3/c1-3-15-10(16-4-2)8-12-11(14)13-9-6-5-7-9/h9-10H,3-8H2,1-2H3,(H2,12,13,14). The molecule has 5 heteroatoms. The molecule has 16 heavy (non-hydrogen) atoms. The minimum Gasteiger partial charge on any atom is -0.351 e. The maximum Gasteiger partial charge on any atom is 0.315 e. The van der Waals surface area contributed by atoms with Crippen LogP contribution in [-0.4, -0.2) is 38.1 Å². The highest BCUT2D eigenvalue weighted by molar-refractivity contribution is 5.74. The number of amides is 2. The number of hydrogen-bond donors (Lipinski definition) is 2. The van der Waals surface area contributed by atoms with Gasteiger partial charge in [-0.25, -0.2) is 4.79 Å². The van der Waals surface area contributed by atoms with Gasteiger partial charge in [-0.2, -0.15) is 0 Å². The third-order valence-corrected chi connectivity index (χ3v) is 2.57. The molecular formula is C11H22N2O3. The van der Waals surface area contributed by atoms with Crippen molar-refractivity contribution < 1.29 is 14.3 Å². The minimum atomic E-state index is -0.345. The fourth-order valence-corrected chi connectivity index (χ4v) is 1.50. The van der Waals surface area contributed by atoms with Crippen molar-refractivity contribution in [1.82, 2.24) is 10.6 Å². The molecule has 0 aliphatic heterocycles. The molecule has 0 unspecified atom stereocenters. The molecular weight excluding hydrogens is 208 g/mol. The summed E-state index contributed by atoms with van der Waals surface area (Å²) in [5.41, 5.74) is 0. The van der Waals surface area contributed by atoms with Crippen molar-refractivity contribution in [3.8, 4) is 0 Å². The molecule has 1 aliphatic carbocycles. The van der Waals surface area contributed by atoms with Crippen LogP contribution in [0.3, 0.4) is 0 Å². The molecule has 1 aliphatic rings. The Morgan fingerprint density at radius 2 is 1.94 bits per heavy atom. The van der Waals surface area contributed by atoms with E-state index in [1.807, 2.05) is 13.8 Å². The topological polar surface area (TPSA) is 59.6 Å². The van der Waals surface area contributed by atoms with Gasteiger partial charge >= 0.3 is 6.03 Å². The van der Waals surface area contributed by atoms with Crippen LogP contribution in [0.1, 0.15) is 33.1 Å². The van der Waals surface area contributed by atoms with Crippen molar-refractivity contribution in [2.24, 2.45) is 0 Å². The van der Waals surface area contributed by atoms with Gasteiger partial charge in [-0.15, -0.1) is 0 Å². The van der Waals surface area contributed by atoms with Gasteiger partial charge in [0.15, 0.2) is 6.29 Å². The van der Waals surface area contributed by atoms with Crippen LogP contribution in [0.5, 0.6) is 0 Å². The molecule has 2 N–H and O–H groups in total. The van der Waals surface area contributed by atoms with E-state index in [0.717, 1.165) is 12.8 Å². The maximum atomic E-state index is 11.4. The van der Waals surface area contributed by atoms with E-state index in [0.29, 0.717) is 25.8 Å². The van der Waals surface area contributed by atoms with Gasteiger partial charge in [0.05, 0.1) is 6.54 Å². The zero-order chi connectivity index (χ0) is 11.8. The summed E-state index contributed by atoms with van der Waals surface area (Å²) in [6.45, 7) is 5.36. The van der Waals surface area contributed by atoms with Crippen molar-refractivity contribution in [3.05, 3.63) is 0 Å². The largest absolute Gasteiger partial charge is 0.351 e. The minimum absolute atomic E-state index is 0.130. The summed E-state index contributed by atoms with van der Waals surface area (Å²) in [6, 6.07) is 0.228. The van der Waals surface area contributed by atoms with Crippen LogP contribution in [0.15, 0.2) is 0 Å². The number of rotatable bonds is 7. The average Bonchev–Trinajstić information content (AvgIpc) is 2.21. The van der Waals surface area contributed by atoms with Crippen LogP contribution >= 0.6 is 0 Å². The highest BCUT2D eigenvalue weighted by atomic mass is 16.7. The summed E-state index contributed by atoms with van der Waals surface area (Å²) in [5.74, 6) is 0. The second kappa shape index (κ2) is 7.46. The molecule has 5 nitrogen and oxygen atoms in total. The normalized spacial score (nSPS) is 15.9. The van der Waals surface area contributed by atoms with Crippen LogP contribution < -0.4 is 10.6 Å². The number of hydrogen-bond acceptors (Lipinski definition) is 3. The van der Waals surface area contributed by atoms with Gasteiger partial charge < -0.3 is 20.1 Å². The van der Waals surface area contributed by atoms with Gasteiger partial charge in [-0.3, -0.25) is 0 Å². The van der Waals surface area contributed by atoms with Crippen molar-refractivity contribution >= 4 is 6.03 Å². The Balaban J connectivity index is 2.11. The Bertz CT molecular complexity index is 201. The summed E-state index contributed by atoms with van der Waals surface area (Å²) >= 11 is 0. The average molecular weight is 230 g/mol. The third kappa shape index (κ3) is 4.81. The second-order valence-electron chi connectivity index (χ2n) is 3.82. The molecule has 0 saturated heterocycles. The Morgan fingerprint density at radius 1 is 1.31 bits per heavy atom. The predicted octanol–water partition coefficient (Wildman–Crippen LogP) is 1.24. The SMILES string of the molecule is CCOC(CNC(=O)NC1CCC1)OCC. The third-order valence-electron chi connectivity index (χ3n) is 2.57. The van der Waals surface area contributed by atoms with E-state index >= 15 is 0 Å². The monoisotopic (exact) mass is 230 g/mol. The lowest BCUT2D eigenvalue weighted by atomic mass is 9.93. The highest BCUT2D eigenvalue weighted by Crippen LogP contribution is 2.17. The zero-order valence-electron chi connectivity index (χ0n) is 10.1. The van der Waals surface area contributed by atoms with Crippen LogP contribution in [0.4, 0.5) is 4.79 Å². The Labute approximate surface area is 96.9 Å². The highest BCUT2D eigenvalue weighted by Gasteiger charge is 2.19. The molecule has 94 valence electrons. The van der Waals surface area contributed by atoms with E-state index in [1.54, 1.807) is 0 Å². The van der Waals surface area contributed by atoms with Crippen LogP contribution in [-0.2, 0) is 9.47 Å². The van der Waals surface area contributed by atoms with Crippen LogP contribution in [0, 0.1) is 0 Å². The Hall–Kier alpha value is -0.810. The molecule has 0 aromatic rings. The van der Waals surface area contributed by atoms with Crippen LogP contribution in [0.25, 0.3) is 0 Å². The molecule has 0 heterocycles. The van der Waals surface area contributed by atoms with E-state index in [4.69, 9.17) is 9.47 Å². The summed E-state index contributed by atoms with van der Waals surface area (Å²) in [4.78, 5) is 11.4. The van der Waals surface area contributed by atoms with Gasteiger partial charge in [0.1, 0.15) is 0 Å². The molecule has 0 atom stereocenters. The first kappa shape index (κ1) is 13.3. The van der Waals surface area contributed by atoms with Crippen molar-refractivity contribution in [1.29, 1.82) is 0 Å². The summed E-state index contributed by atoms with van der Waals surface area (Å²) in [6.07, 6.45) is 3.05. The molecule has 2 amide bonds. The fraction of sp³-hybridized carbons (Fsp3) is 0.909. The Morgan fingerprint density at radius 3 is 2.38 bits per heavy atom. The van der Waals surface area contributed by atoms with E-state index in [-0.39, 0.29) is 12.3 Å². The maximum absolute atomic E-state index is 11.4. The molecule has 1 rings (SSSR count). The second-order valence-corrected chi connectivity index (χ2v) is 3.82. The summed E-state index contributed by atoms with van der Waals surface area (Å²) < 4.78 is 10.6.